The zero-order valence-electron chi connectivity index (χ0n) is 10.7. The predicted molar refractivity (Wildman–Crippen MR) is 79.8 cm³/mol. The molecule has 0 bridgehead atoms. The third-order valence-corrected chi connectivity index (χ3v) is 3.45. The molecule has 0 unspecified atom stereocenters. The van der Waals surface area contributed by atoms with Crippen LogP contribution in [0.15, 0.2) is 41.8 Å². The number of nitro benzene ring substituents is 1. The Labute approximate surface area is 119 Å². The van der Waals surface area contributed by atoms with E-state index in [0.29, 0.717) is 11.3 Å². The number of anilines is 1. The highest BCUT2D eigenvalue weighted by molar-refractivity contribution is 7.10. The van der Waals surface area contributed by atoms with Crippen LogP contribution in [0.25, 0.3) is 6.08 Å². The van der Waals surface area contributed by atoms with E-state index in [2.05, 4.69) is 5.32 Å². The van der Waals surface area contributed by atoms with Crippen molar-refractivity contribution in [2.75, 3.05) is 5.32 Å². The second-order valence-electron chi connectivity index (χ2n) is 4.10. The molecule has 6 heteroatoms. The number of nitrogens with zero attached hydrogens (tertiary/aromatic N) is 1. The molecule has 20 heavy (non-hydrogen) atoms. The first-order valence-corrected chi connectivity index (χ1v) is 6.72. The Morgan fingerprint density at radius 2 is 2.20 bits per heavy atom. The van der Waals surface area contributed by atoms with Crippen LogP contribution < -0.4 is 5.32 Å². The van der Waals surface area contributed by atoms with E-state index in [4.69, 9.17) is 0 Å². The molecule has 0 atom stereocenters. The standard InChI is InChI=1S/C14H12N2O3S/c1-10-4-5-11(9-13(10)16(18)19)15-14(17)7-6-12-3-2-8-20-12/h2-9H,1H3,(H,15,17). The second-order valence-corrected chi connectivity index (χ2v) is 5.08. The van der Waals surface area contributed by atoms with Gasteiger partial charge in [0.25, 0.3) is 5.69 Å². The average molecular weight is 288 g/mol. The number of amides is 1. The van der Waals surface area contributed by atoms with Gasteiger partial charge in [0.05, 0.1) is 4.92 Å². The lowest BCUT2D eigenvalue weighted by Crippen LogP contribution is -2.08. The van der Waals surface area contributed by atoms with E-state index in [1.54, 1.807) is 25.1 Å². The Bertz CT molecular complexity index is 663. The van der Waals surface area contributed by atoms with Crippen molar-refractivity contribution in [1.29, 1.82) is 0 Å². The van der Waals surface area contributed by atoms with Gasteiger partial charge in [-0.1, -0.05) is 12.1 Å². The van der Waals surface area contributed by atoms with Crippen LogP contribution in [0.2, 0.25) is 0 Å². The van der Waals surface area contributed by atoms with E-state index >= 15 is 0 Å². The fourth-order valence-electron chi connectivity index (χ4n) is 1.61. The fraction of sp³-hybridized carbons (Fsp3) is 0.0714. The normalized spacial score (nSPS) is 10.7. The SMILES string of the molecule is Cc1ccc(NC(=O)C=Cc2cccs2)cc1[N+](=O)[O-]. The Morgan fingerprint density at radius 1 is 1.40 bits per heavy atom. The lowest BCUT2D eigenvalue weighted by molar-refractivity contribution is -0.385. The molecule has 0 aliphatic carbocycles. The summed E-state index contributed by atoms with van der Waals surface area (Å²) >= 11 is 1.52. The van der Waals surface area contributed by atoms with Crippen LogP contribution in [0.5, 0.6) is 0 Å². The van der Waals surface area contributed by atoms with Gasteiger partial charge in [0.2, 0.25) is 5.91 Å². The number of carbonyl (C=O) groups excluding carboxylic acids is 1. The quantitative estimate of drug-likeness (QED) is 0.530. The first kappa shape index (κ1) is 14.0. The average Bonchev–Trinajstić information content (AvgIpc) is 2.91. The number of aryl methyl sites for hydroxylation is 1. The molecule has 2 aromatic rings. The van der Waals surface area contributed by atoms with Crippen LogP contribution in [-0.2, 0) is 4.79 Å². The molecule has 1 N–H and O–H groups in total. The van der Waals surface area contributed by atoms with Crippen molar-refractivity contribution < 1.29 is 9.72 Å². The van der Waals surface area contributed by atoms with Crippen LogP contribution in [0.3, 0.4) is 0 Å². The van der Waals surface area contributed by atoms with Gasteiger partial charge < -0.3 is 5.32 Å². The van der Waals surface area contributed by atoms with Crippen LogP contribution in [0.4, 0.5) is 11.4 Å². The van der Waals surface area contributed by atoms with Crippen LogP contribution >= 0.6 is 11.3 Å². The van der Waals surface area contributed by atoms with Crippen molar-refractivity contribution in [2.45, 2.75) is 6.92 Å². The number of hydrogen-bond acceptors (Lipinski definition) is 4. The highest BCUT2D eigenvalue weighted by Gasteiger charge is 2.11. The van der Waals surface area contributed by atoms with Crippen LogP contribution in [0.1, 0.15) is 10.4 Å². The first-order valence-electron chi connectivity index (χ1n) is 5.84. The summed E-state index contributed by atoms with van der Waals surface area (Å²) in [7, 11) is 0. The van der Waals surface area contributed by atoms with E-state index < -0.39 is 4.92 Å². The van der Waals surface area contributed by atoms with Gasteiger partial charge in [-0.05, 0) is 30.5 Å². The van der Waals surface area contributed by atoms with E-state index in [1.165, 1.54) is 23.5 Å². The molecule has 102 valence electrons. The number of rotatable bonds is 4. The fourth-order valence-corrected chi connectivity index (χ4v) is 2.23. The van der Waals surface area contributed by atoms with Gasteiger partial charge in [-0.25, -0.2) is 0 Å². The minimum Gasteiger partial charge on any atom is -0.322 e. The summed E-state index contributed by atoms with van der Waals surface area (Å²) in [5.41, 5.74) is 0.954. The smallest absolute Gasteiger partial charge is 0.274 e. The largest absolute Gasteiger partial charge is 0.322 e. The van der Waals surface area contributed by atoms with Crippen molar-refractivity contribution in [3.63, 3.8) is 0 Å². The molecule has 0 aliphatic rings. The van der Waals surface area contributed by atoms with E-state index in [9.17, 15) is 14.9 Å². The molecular formula is C14H12N2O3S. The van der Waals surface area contributed by atoms with E-state index in [1.807, 2.05) is 17.5 Å². The summed E-state index contributed by atoms with van der Waals surface area (Å²) in [6.07, 6.45) is 3.10. The maximum absolute atomic E-state index is 11.7. The summed E-state index contributed by atoms with van der Waals surface area (Å²) in [5.74, 6) is -0.323. The zero-order valence-corrected chi connectivity index (χ0v) is 11.5. The van der Waals surface area contributed by atoms with Gasteiger partial charge in [-0.2, -0.15) is 0 Å². The number of benzene rings is 1. The Hall–Kier alpha value is -2.47. The summed E-state index contributed by atoms with van der Waals surface area (Å²) in [6.45, 7) is 1.65. The van der Waals surface area contributed by atoms with Crippen molar-refractivity contribution in [1.82, 2.24) is 0 Å². The molecule has 1 heterocycles. The molecule has 1 aromatic carbocycles. The number of nitro groups is 1. The Morgan fingerprint density at radius 3 is 2.85 bits per heavy atom. The minimum atomic E-state index is -0.466. The molecule has 2 rings (SSSR count). The lowest BCUT2D eigenvalue weighted by Gasteiger charge is -2.03. The van der Waals surface area contributed by atoms with E-state index in [-0.39, 0.29) is 11.6 Å². The van der Waals surface area contributed by atoms with Gasteiger partial charge in [0.1, 0.15) is 0 Å². The van der Waals surface area contributed by atoms with Crippen molar-refractivity contribution in [2.24, 2.45) is 0 Å². The van der Waals surface area contributed by atoms with Gasteiger partial charge in [-0.3, -0.25) is 14.9 Å². The maximum atomic E-state index is 11.7. The number of thiophene rings is 1. The van der Waals surface area contributed by atoms with Crippen LogP contribution in [-0.4, -0.2) is 10.8 Å². The first-order chi connectivity index (χ1) is 9.56. The number of nitrogens with one attached hydrogen (secondary N) is 1. The second kappa shape index (κ2) is 6.12. The highest BCUT2D eigenvalue weighted by atomic mass is 32.1. The molecule has 1 amide bonds. The number of hydrogen-bond donors (Lipinski definition) is 1. The molecule has 1 aromatic heterocycles. The monoisotopic (exact) mass is 288 g/mol. The summed E-state index contributed by atoms with van der Waals surface area (Å²) < 4.78 is 0. The van der Waals surface area contributed by atoms with Crippen molar-refractivity contribution in [3.8, 4) is 0 Å². The molecule has 0 saturated carbocycles. The molecule has 0 radical (unpaired) electrons. The van der Waals surface area contributed by atoms with Gasteiger partial charge >= 0.3 is 0 Å². The topological polar surface area (TPSA) is 72.2 Å². The zero-order chi connectivity index (χ0) is 14.5. The Kier molecular flexibility index (Phi) is 4.27. The number of carbonyl (C=O) groups is 1. The third-order valence-electron chi connectivity index (χ3n) is 2.62. The van der Waals surface area contributed by atoms with E-state index in [0.717, 1.165) is 4.88 Å². The summed E-state index contributed by atoms with van der Waals surface area (Å²) in [6, 6.07) is 8.39. The Balaban J connectivity index is 2.08. The molecule has 0 saturated heterocycles. The molecule has 5 nitrogen and oxygen atoms in total. The summed E-state index contributed by atoms with van der Waals surface area (Å²) in [4.78, 5) is 23.0. The van der Waals surface area contributed by atoms with Crippen molar-refractivity contribution in [3.05, 3.63) is 62.3 Å². The van der Waals surface area contributed by atoms with Gasteiger partial charge in [0, 0.05) is 28.3 Å². The van der Waals surface area contributed by atoms with Gasteiger partial charge in [0.15, 0.2) is 0 Å². The summed E-state index contributed by atoms with van der Waals surface area (Å²) in [5, 5.41) is 15.3. The minimum absolute atomic E-state index is 0.00923. The van der Waals surface area contributed by atoms with Gasteiger partial charge in [-0.15, -0.1) is 11.3 Å². The molecule has 0 spiro atoms. The maximum Gasteiger partial charge on any atom is 0.274 e. The molecular weight excluding hydrogens is 276 g/mol. The lowest BCUT2D eigenvalue weighted by atomic mass is 10.2. The predicted octanol–water partition coefficient (Wildman–Crippen LogP) is 3.62. The molecule has 0 aliphatic heterocycles. The third kappa shape index (κ3) is 3.52. The molecule has 0 fully saturated rings. The van der Waals surface area contributed by atoms with Crippen molar-refractivity contribution >= 4 is 34.7 Å². The highest BCUT2D eigenvalue weighted by Crippen LogP contribution is 2.22. The van der Waals surface area contributed by atoms with Crippen LogP contribution in [0, 0.1) is 17.0 Å².